The maximum atomic E-state index is 13.7. The molecule has 0 radical (unpaired) electrons. The molecule has 0 bridgehead atoms. The van der Waals surface area contributed by atoms with Crippen LogP contribution in [0.15, 0.2) is 42.5 Å². The van der Waals surface area contributed by atoms with Gasteiger partial charge in [0.25, 0.3) is 5.91 Å². The van der Waals surface area contributed by atoms with Crippen LogP contribution in [0.3, 0.4) is 0 Å². The molecule has 1 saturated carbocycles. The van der Waals surface area contributed by atoms with Gasteiger partial charge in [-0.2, -0.15) is 13.2 Å². The fourth-order valence-corrected chi connectivity index (χ4v) is 5.43. The summed E-state index contributed by atoms with van der Waals surface area (Å²) in [5, 5.41) is 18.3. The van der Waals surface area contributed by atoms with Crippen LogP contribution >= 0.6 is 0 Å². The molecular weight excluding hydrogens is 579 g/mol. The number of hydrogen-bond donors (Lipinski definition) is 4. The molecule has 240 valence electrons. The molecule has 0 spiro atoms. The lowest BCUT2D eigenvalue weighted by Crippen LogP contribution is -2.50. The van der Waals surface area contributed by atoms with Crippen LogP contribution in [0.25, 0.3) is 0 Å². The van der Waals surface area contributed by atoms with Crippen molar-refractivity contribution in [3.8, 4) is 5.75 Å². The number of amides is 5. The van der Waals surface area contributed by atoms with Crippen molar-refractivity contribution in [3.05, 3.63) is 53.6 Å². The number of halogens is 3. The number of benzene rings is 2. The summed E-state index contributed by atoms with van der Waals surface area (Å²) in [5.74, 6) is -0.380. The van der Waals surface area contributed by atoms with Crippen molar-refractivity contribution in [2.75, 3.05) is 37.4 Å². The Hall–Kier alpha value is -4.00. The maximum Gasteiger partial charge on any atom is 0.416 e. The third kappa shape index (κ3) is 8.34. The summed E-state index contributed by atoms with van der Waals surface area (Å²) >= 11 is 0. The Bertz CT molecular complexity index is 1320. The van der Waals surface area contributed by atoms with Crippen LogP contribution in [0, 0.1) is 5.92 Å². The van der Waals surface area contributed by atoms with Crippen LogP contribution in [-0.2, 0) is 6.18 Å². The maximum absolute atomic E-state index is 13.7. The van der Waals surface area contributed by atoms with E-state index in [-0.39, 0.29) is 60.6 Å². The third-order valence-corrected chi connectivity index (χ3v) is 8.13. The van der Waals surface area contributed by atoms with Crippen molar-refractivity contribution in [2.24, 2.45) is 5.92 Å². The summed E-state index contributed by atoms with van der Waals surface area (Å²) in [6.07, 6.45) is 0.0756. The molecule has 5 amide bonds. The first-order valence-electron chi connectivity index (χ1n) is 14.8. The fraction of sp³-hybridized carbons (Fsp3) is 0.516. The minimum Gasteiger partial charge on any atom is -0.487 e. The van der Waals surface area contributed by atoms with Gasteiger partial charge < -0.3 is 35.6 Å². The van der Waals surface area contributed by atoms with E-state index in [2.05, 4.69) is 16.0 Å². The summed E-state index contributed by atoms with van der Waals surface area (Å²) < 4.78 is 45.0. The number of likely N-dealkylation sites (N-methyl/N-ethyl adjacent to an activating group) is 1. The lowest BCUT2D eigenvalue weighted by Gasteiger charge is -2.38. The molecule has 13 heteroatoms. The highest BCUT2D eigenvalue weighted by Gasteiger charge is 2.34. The fourth-order valence-electron chi connectivity index (χ4n) is 5.43. The molecule has 4 rings (SSSR count). The van der Waals surface area contributed by atoms with Gasteiger partial charge in [0.15, 0.2) is 0 Å². The molecule has 4 N–H and O–H groups in total. The van der Waals surface area contributed by atoms with Gasteiger partial charge in [-0.3, -0.25) is 4.79 Å². The first-order chi connectivity index (χ1) is 20.8. The van der Waals surface area contributed by atoms with E-state index in [1.165, 1.54) is 24.1 Å². The zero-order chi connectivity index (χ0) is 32.0. The van der Waals surface area contributed by atoms with Crippen LogP contribution in [-0.4, -0.2) is 77.8 Å². The average molecular weight is 620 g/mol. The first kappa shape index (κ1) is 32.9. The van der Waals surface area contributed by atoms with Crippen molar-refractivity contribution in [1.29, 1.82) is 0 Å². The van der Waals surface area contributed by atoms with E-state index in [9.17, 15) is 32.7 Å². The number of hydrogen-bond acceptors (Lipinski definition) is 5. The van der Waals surface area contributed by atoms with E-state index >= 15 is 0 Å². The molecule has 10 nitrogen and oxygen atoms in total. The van der Waals surface area contributed by atoms with Gasteiger partial charge in [-0.05, 0) is 62.2 Å². The van der Waals surface area contributed by atoms with Crippen LogP contribution in [0.1, 0.15) is 61.9 Å². The average Bonchev–Trinajstić information content (AvgIpc) is 2.99. The lowest BCUT2D eigenvalue weighted by atomic mass is 9.96. The van der Waals surface area contributed by atoms with Gasteiger partial charge >= 0.3 is 18.2 Å². The van der Waals surface area contributed by atoms with Crippen LogP contribution in [0.5, 0.6) is 5.75 Å². The van der Waals surface area contributed by atoms with Gasteiger partial charge in [-0.1, -0.05) is 26.2 Å². The second kappa shape index (κ2) is 14.2. The van der Waals surface area contributed by atoms with E-state index in [4.69, 9.17) is 4.74 Å². The number of nitrogens with one attached hydrogen (secondary N) is 3. The third-order valence-electron chi connectivity index (χ3n) is 8.13. The molecule has 1 fully saturated rings. The van der Waals surface area contributed by atoms with Gasteiger partial charge in [0.2, 0.25) is 0 Å². The van der Waals surface area contributed by atoms with Gasteiger partial charge in [0, 0.05) is 36.9 Å². The van der Waals surface area contributed by atoms with Crippen LogP contribution in [0.4, 0.5) is 34.1 Å². The largest absolute Gasteiger partial charge is 0.487 e. The Morgan fingerprint density at radius 2 is 1.73 bits per heavy atom. The van der Waals surface area contributed by atoms with Crippen molar-refractivity contribution < 1.29 is 37.4 Å². The second-order valence-corrected chi connectivity index (χ2v) is 11.7. The zero-order valence-electron chi connectivity index (χ0n) is 25.1. The van der Waals surface area contributed by atoms with E-state index in [0.717, 1.165) is 44.2 Å². The monoisotopic (exact) mass is 619 g/mol. The molecule has 0 saturated heterocycles. The summed E-state index contributed by atoms with van der Waals surface area (Å²) in [4.78, 5) is 42.2. The first-order valence-corrected chi connectivity index (χ1v) is 14.8. The Labute approximate surface area is 254 Å². The molecule has 3 atom stereocenters. The quantitative estimate of drug-likeness (QED) is 0.324. The molecule has 0 unspecified atom stereocenters. The number of ether oxygens (including phenoxy) is 1. The summed E-state index contributed by atoms with van der Waals surface area (Å²) in [6.45, 7) is 3.64. The molecular formula is C31H40F3N5O5. The predicted molar refractivity (Wildman–Crippen MR) is 160 cm³/mol. The van der Waals surface area contributed by atoms with Crippen molar-refractivity contribution in [2.45, 2.75) is 70.3 Å². The smallest absolute Gasteiger partial charge is 0.416 e. The molecule has 0 aromatic heterocycles. The number of fused-ring (bicyclic) bond motifs is 1. The number of nitrogens with zero attached hydrogens (tertiary/aromatic N) is 2. The molecule has 2 aromatic rings. The SMILES string of the molecule is C[C@@H]1CN([C@@H](C)CO)C(=O)c2cc(NC(=O)NC3CCCCC3)ccc2O[C@@H]1CN(C)C(=O)Nc1ccc(C(F)(F)F)cc1. The highest BCUT2D eigenvalue weighted by Crippen LogP contribution is 2.32. The van der Waals surface area contributed by atoms with Crippen LogP contribution < -0.4 is 20.7 Å². The lowest BCUT2D eigenvalue weighted by molar-refractivity contribution is -0.137. The van der Waals surface area contributed by atoms with Crippen LogP contribution in [0.2, 0.25) is 0 Å². The number of anilines is 2. The molecule has 44 heavy (non-hydrogen) atoms. The van der Waals surface area contributed by atoms with Crippen molar-refractivity contribution in [1.82, 2.24) is 15.1 Å². The Kier molecular flexibility index (Phi) is 10.6. The predicted octanol–water partition coefficient (Wildman–Crippen LogP) is 5.54. The number of rotatable bonds is 7. The Morgan fingerprint density at radius 3 is 2.36 bits per heavy atom. The van der Waals surface area contributed by atoms with E-state index < -0.39 is 29.9 Å². The highest BCUT2D eigenvalue weighted by molar-refractivity contribution is 5.99. The topological polar surface area (TPSA) is 123 Å². The molecule has 1 heterocycles. The Balaban J connectivity index is 1.50. The number of aliphatic hydroxyl groups excluding tert-OH is 1. The molecule has 1 aliphatic carbocycles. The number of urea groups is 2. The van der Waals surface area contributed by atoms with E-state index in [0.29, 0.717) is 5.69 Å². The number of aliphatic hydroxyl groups is 1. The minimum absolute atomic E-state index is 0.0897. The van der Waals surface area contributed by atoms with Gasteiger partial charge in [0.1, 0.15) is 11.9 Å². The van der Waals surface area contributed by atoms with E-state index in [1.54, 1.807) is 30.0 Å². The second-order valence-electron chi connectivity index (χ2n) is 11.7. The normalized spacial score (nSPS) is 20.0. The van der Waals surface area contributed by atoms with Gasteiger partial charge in [0.05, 0.1) is 30.3 Å². The Morgan fingerprint density at radius 1 is 1.07 bits per heavy atom. The van der Waals surface area contributed by atoms with Crippen molar-refractivity contribution in [3.63, 3.8) is 0 Å². The minimum atomic E-state index is -4.48. The molecule has 2 aromatic carbocycles. The molecule has 1 aliphatic heterocycles. The highest BCUT2D eigenvalue weighted by atomic mass is 19.4. The standard InChI is InChI=1S/C31H40F3N5O5/c1-19-16-39(20(2)18-40)28(41)25-15-24(36-29(42)35-22-7-5-4-6-8-22)13-14-26(25)44-27(19)17-38(3)30(43)37-23-11-9-21(10-12-23)31(32,33)34/h9-15,19-20,22,27,40H,4-8,16-18H2,1-3H3,(H,37,43)(H2,35,36,42)/t19-,20+,27-/m1/s1. The number of carbonyl (C=O) groups excluding carboxylic acids is 3. The zero-order valence-corrected chi connectivity index (χ0v) is 25.1. The summed E-state index contributed by atoms with van der Waals surface area (Å²) in [6, 6.07) is 7.61. The summed E-state index contributed by atoms with van der Waals surface area (Å²) in [7, 11) is 1.53. The van der Waals surface area contributed by atoms with E-state index in [1.807, 2.05) is 6.92 Å². The van der Waals surface area contributed by atoms with Gasteiger partial charge in [-0.25, -0.2) is 9.59 Å². The van der Waals surface area contributed by atoms with Gasteiger partial charge in [-0.15, -0.1) is 0 Å². The molecule has 2 aliphatic rings. The summed E-state index contributed by atoms with van der Waals surface area (Å²) in [5.41, 5.74) is -0.00930. The number of alkyl halides is 3. The van der Waals surface area contributed by atoms with Crippen molar-refractivity contribution >= 4 is 29.3 Å². The number of carbonyl (C=O) groups is 3.